The van der Waals surface area contributed by atoms with Gasteiger partial charge in [0.15, 0.2) is 11.9 Å². The molecule has 2 aliphatic heterocycles. The first-order valence-corrected chi connectivity index (χ1v) is 6.28. The molecule has 4 unspecified atom stereocenters. The van der Waals surface area contributed by atoms with Gasteiger partial charge in [0.1, 0.15) is 6.23 Å². The fourth-order valence-electron chi connectivity index (χ4n) is 2.43. The number of ether oxygens (including phenoxy) is 2. The van der Waals surface area contributed by atoms with Crippen LogP contribution in [0.3, 0.4) is 0 Å². The minimum Gasteiger partial charge on any atom is -0.382 e. The number of hydrogen-bond acceptors (Lipinski definition) is 4. The van der Waals surface area contributed by atoms with Crippen molar-refractivity contribution in [3.8, 4) is 0 Å². The number of methoxy groups -OCH3 is 1. The van der Waals surface area contributed by atoms with Gasteiger partial charge in [0.25, 0.3) is 0 Å². The van der Waals surface area contributed by atoms with Crippen LogP contribution in [-0.4, -0.2) is 54.0 Å². The molecule has 0 bridgehead atoms. The van der Waals surface area contributed by atoms with Gasteiger partial charge in [-0.05, 0) is 12.5 Å². The van der Waals surface area contributed by atoms with Gasteiger partial charge >= 0.3 is 6.03 Å². The predicted molar refractivity (Wildman–Crippen MR) is 64.8 cm³/mol. The Hall–Kier alpha value is -1.18. The maximum absolute atomic E-state index is 14.8. The summed E-state index contributed by atoms with van der Waals surface area (Å²) in [6.07, 6.45) is 0.711. The second-order valence-electron chi connectivity index (χ2n) is 4.80. The van der Waals surface area contributed by atoms with E-state index in [0.29, 0.717) is 0 Å². The molecule has 1 saturated heterocycles. The number of urea groups is 1. The van der Waals surface area contributed by atoms with Crippen molar-refractivity contribution in [1.82, 2.24) is 10.2 Å². The van der Waals surface area contributed by atoms with E-state index in [1.807, 2.05) is 0 Å². The molecule has 0 radical (unpaired) electrons. The topological polar surface area (TPSA) is 71.0 Å². The van der Waals surface area contributed by atoms with E-state index >= 15 is 0 Å². The molecule has 2 rings (SSSR count). The van der Waals surface area contributed by atoms with E-state index in [2.05, 4.69) is 5.32 Å². The Balaban J connectivity index is 2.17. The second kappa shape index (κ2) is 5.44. The molecule has 6 nitrogen and oxygen atoms in total. The summed E-state index contributed by atoms with van der Waals surface area (Å²) in [7, 11) is 1.52. The molecule has 4 atom stereocenters. The molecule has 7 heteroatoms. The van der Waals surface area contributed by atoms with Crippen molar-refractivity contribution in [1.29, 1.82) is 0 Å². The zero-order valence-corrected chi connectivity index (χ0v) is 11.0. The van der Waals surface area contributed by atoms with Crippen LogP contribution in [0, 0.1) is 0 Å². The highest BCUT2D eigenvalue weighted by atomic mass is 19.1. The van der Waals surface area contributed by atoms with Crippen molar-refractivity contribution in [3.63, 3.8) is 0 Å². The van der Waals surface area contributed by atoms with Crippen LogP contribution in [0.1, 0.15) is 19.8 Å². The van der Waals surface area contributed by atoms with Crippen molar-refractivity contribution >= 4 is 6.03 Å². The third-order valence-corrected chi connectivity index (χ3v) is 3.46. The predicted octanol–water partition coefficient (Wildman–Crippen LogP) is 0.723. The van der Waals surface area contributed by atoms with E-state index in [9.17, 15) is 14.3 Å². The zero-order valence-electron chi connectivity index (χ0n) is 11.0. The highest BCUT2D eigenvalue weighted by Gasteiger charge is 2.52. The summed E-state index contributed by atoms with van der Waals surface area (Å²) in [5, 5.41) is 11.6. The minimum atomic E-state index is -1.62. The molecule has 0 aromatic rings. The maximum atomic E-state index is 14.8. The van der Waals surface area contributed by atoms with Crippen molar-refractivity contribution in [2.24, 2.45) is 0 Å². The van der Waals surface area contributed by atoms with Crippen LogP contribution in [0.15, 0.2) is 12.3 Å². The summed E-state index contributed by atoms with van der Waals surface area (Å²) in [4.78, 5) is 12.9. The number of amides is 2. The molecule has 0 aromatic carbocycles. The van der Waals surface area contributed by atoms with Gasteiger partial charge in [-0.15, -0.1) is 0 Å². The number of carbonyl (C=O) groups excluding carboxylic acids is 1. The summed E-state index contributed by atoms with van der Waals surface area (Å²) in [6, 6.07) is -0.575. The van der Waals surface area contributed by atoms with Gasteiger partial charge in [-0.2, -0.15) is 0 Å². The number of nitrogens with zero attached hydrogens (tertiary/aromatic N) is 1. The standard InChI is InChI=1S/C12H19FN2O4/c1-3-12(13)6-8(7-18-2)19-10(12)15-5-4-9(16)14-11(15)17/h4-5,8-10,16H,3,6-7H2,1-2H3,(H,14,17). The van der Waals surface area contributed by atoms with E-state index in [4.69, 9.17) is 9.47 Å². The Morgan fingerprint density at radius 2 is 2.47 bits per heavy atom. The molecule has 0 aromatic heterocycles. The Morgan fingerprint density at radius 3 is 3.05 bits per heavy atom. The first kappa shape index (κ1) is 14.2. The molecule has 2 amide bonds. The number of carbonyl (C=O) groups is 1. The van der Waals surface area contributed by atoms with Gasteiger partial charge in [0.05, 0.1) is 12.7 Å². The molecule has 0 saturated carbocycles. The normalized spacial score (nSPS) is 38.6. The number of halogens is 1. The molecular formula is C12H19FN2O4. The third-order valence-electron chi connectivity index (χ3n) is 3.46. The van der Waals surface area contributed by atoms with E-state index in [1.165, 1.54) is 19.4 Å². The highest BCUT2D eigenvalue weighted by molar-refractivity contribution is 5.77. The largest absolute Gasteiger partial charge is 0.382 e. The van der Waals surface area contributed by atoms with Crippen LogP contribution in [0.5, 0.6) is 0 Å². The lowest BCUT2D eigenvalue weighted by molar-refractivity contribution is -0.0833. The van der Waals surface area contributed by atoms with Crippen LogP contribution < -0.4 is 5.32 Å². The smallest absolute Gasteiger partial charge is 0.325 e. The Morgan fingerprint density at radius 1 is 1.74 bits per heavy atom. The average molecular weight is 274 g/mol. The van der Waals surface area contributed by atoms with Crippen LogP contribution in [0.25, 0.3) is 0 Å². The number of hydrogen-bond donors (Lipinski definition) is 2. The molecular weight excluding hydrogens is 255 g/mol. The summed E-state index contributed by atoms with van der Waals surface area (Å²) >= 11 is 0. The molecule has 19 heavy (non-hydrogen) atoms. The van der Waals surface area contributed by atoms with Crippen molar-refractivity contribution < 1.29 is 23.8 Å². The monoisotopic (exact) mass is 274 g/mol. The number of nitrogens with one attached hydrogen (secondary N) is 1. The van der Waals surface area contributed by atoms with Gasteiger partial charge in [-0.1, -0.05) is 6.92 Å². The van der Waals surface area contributed by atoms with Crippen molar-refractivity contribution in [3.05, 3.63) is 12.3 Å². The van der Waals surface area contributed by atoms with Gasteiger partial charge < -0.3 is 19.9 Å². The van der Waals surface area contributed by atoms with E-state index in [0.717, 1.165) is 4.90 Å². The molecule has 108 valence electrons. The lowest BCUT2D eigenvalue weighted by Crippen LogP contribution is -2.54. The van der Waals surface area contributed by atoms with Crippen molar-refractivity contribution in [2.45, 2.75) is 44.0 Å². The second-order valence-corrected chi connectivity index (χ2v) is 4.80. The zero-order chi connectivity index (χ0) is 14.0. The summed E-state index contributed by atoms with van der Waals surface area (Å²) < 4.78 is 25.4. The quantitative estimate of drug-likeness (QED) is 0.792. The maximum Gasteiger partial charge on any atom is 0.325 e. The highest BCUT2D eigenvalue weighted by Crippen LogP contribution is 2.39. The molecule has 2 N–H and O–H groups in total. The Kier molecular flexibility index (Phi) is 4.07. The molecule has 0 aliphatic carbocycles. The summed E-state index contributed by atoms with van der Waals surface area (Å²) in [5.74, 6) is 0. The fraction of sp³-hybridized carbons (Fsp3) is 0.750. The van der Waals surface area contributed by atoms with Crippen LogP contribution in [0.4, 0.5) is 9.18 Å². The first-order chi connectivity index (χ1) is 9.00. The van der Waals surface area contributed by atoms with Crippen molar-refractivity contribution in [2.75, 3.05) is 13.7 Å². The van der Waals surface area contributed by atoms with Crippen LogP contribution in [0.2, 0.25) is 0 Å². The number of aliphatic hydroxyl groups excluding tert-OH is 1. The third kappa shape index (κ3) is 2.72. The summed E-state index contributed by atoms with van der Waals surface area (Å²) in [5.41, 5.74) is -1.62. The van der Waals surface area contributed by atoms with E-state index in [-0.39, 0.29) is 25.6 Å². The lowest BCUT2D eigenvalue weighted by Gasteiger charge is -2.35. The van der Waals surface area contributed by atoms with Gasteiger partial charge in [-0.25, -0.2) is 9.18 Å². The van der Waals surface area contributed by atoms with Gasteiger partial charge in [0.2, 0.25) is 0 Å². The molecule has 0 spiro atoms. The first-order valence-electron chi connectivity index (χ1n) is 6.28. The Bertz CT molecular complexity index is 379. The van der Waals surface area contributed by atoms with E-state index < -0.39 is 24.2 Å². The molecule has 2 aliphatic rings. The number of aliphatic hydroxyl groups is 1. The van der Waals surface area contributed by atoms with Crippen LogP contribution >= 0.6 is 0 Å². The fourth-order valence-corrected chi connectivity index (χ4v) is 2.43. The average Bonchev–Trinajstić information content (AvgIpc) is 2.68. The minimum absolute atomic E-state index is 0.183. The van der Waals surface area contributed by atoms with Gasteiger partial charge in [0, 0.05) is 19.7 Å². The Labute approximate surface area is 111 Å². The summed E-state index contributed by atoms with van der Waals surface area (Å²) in [6.45, 7) is 2.00. The number of rotatable bonds is 4. The van der Waals surface area contributed by atoms with Gasteiger partial charge in [-0.3, -0.25) is 4.90 Å². The molecule has 1 fully saturated rings. The molecule has 2 heterocycles. The lowest BCUT2D eigenvalue weighted by atomic mass is 9.96. The SMILES string of the molecule is CCC1(F)CC(COC)OC1N1C=CC(O)NC1=O. The number of alkyl halides is 1. The van der Waals surface area contributed by atoms with E-state index in [1.54, 1.807) is 6.92 Å². The van der Waals surface area contributed by atoms with Crippen LogP contribution in [-0.2, 0) is 9.47 Å².